The summed E-state index contributed by atoms with van der Waals surface area (Å²) in [5.74, 6) is 0.210. The summed E-state index contributed by atoms with van der Waals surface area (Å²) in [7, 11) is -3.60. The Morgan fingerprint density at radius 1 is 1.12 bits per heavy atom. The SMILES string of the molecule is CCOc1cccc(NC(=O)CN(c2ccc(C)c(C)c2)S(C)(=O)=O)c1. The van der Waals surface area contributed by atoms with E-state index in [1.54, 1.807) is 36.4 Å². The highest BCUT2D eigenvalue weighted by Gasteiger charge is 2.21. The van der Waals surface area contributed by atoms with E-state index in [1.165, 1.54) is 0 Å². The maximum atomic E-state index is 12.4. The number of hydrogen-bond acceptors (Lipinski definition) is 4. The van der Waals surface area contributed by atoms with Crippen LogP contribution in [-0.4, -0.2) is 33.7 Å². The summed E-state index contributed by atoms with van der Waals surface area (Å²) in [4.78, 5) is 12.4. The summed E-state index contributed by atoms with van der Waals surface area (Å²) >= 11 is 0. The molecule has 0 aliphatic heterocycles. The first kappa shape index (κ1) is 19.8. The van der Waals surface area contributed by atoms with E-state index in [0.717, 1.165) is 21.7 Å². The van der Waals surface area contributed by atoms with Crippen LogP contribution in [0.1, 0.15) is 18.1 Å². The second kappa shape index (κ2) is 8.23. The molecule has 1 N–H and O–H groups in total. The average molecular weight is 376 g/mol. The van der Waals surface area contributed by atoms with Gasteiger partial charge in [-0.15, -0.1) is 0 Å². The Hall–Kier alpha value is -2.54. The summed E-state index contributed by atoms with van der Waals surface area (Å²) in [6.07, 6.45) is 1.09. The third kappa shape index (κ3) is 5.23. The molecule has 26 heavy (non-hydrogen) atoms. The Bertz CT molecular complexity index is 894. The zero-order valence-electron chi connectivity index (χ0n) is 15.4. The van der Waals surface area contributed by atoms with Crippen LogP contribution in [0.3, 0.4) is 0 Å². The van der Waals surface area contributed by atoms with Gasteiger partial charge in [-0.3, -0.25) is 9.10 Å². The molecular weight excluding hydrogens is 352 g/mol. The molecule has 0 fully saturated rings. The lowest BCUT2D eigenvalue weighted by molar-refractivity contribution is -0.114. The van der Waals surface area contributed by atoms with Gasteiger partial charge in [0, 0.05) is 11.8 Å². The minimum atomic E-state index is -3.60. The molecule has 0 heterocycles. The predicted molar refractivity (Wildman–Crippen MR) is 104 cm³/mol. The maximum absolute atomic E-state index is 12.4. The molecule has 0 atom stereocenters. The number of aryl methyl sites for hydroxylation is 2. The number of anilines is 2. The van der Waals surface area contributed by atoms with E-state index in [-0.39, 0.29) is 6.54 Å². The number of amides is 1. The number of sulfonamides is 1. The molecule has 2 rings (SSSR count). The minimum Gasteiger partial charge on any atom is -0.494 e. The molecule has 140 valence electrons. The molecule has 0 saturated heterocycles. The quantitative estimate of drug-likeness (QED) is 0.806. The molecule has 0 aromatic heterocycles. The first-order chi connectivity index (χ1) is 12.2. The third-order valence-electron chi connectivity index (χ3n) is 3.89. The maximum Gasteiger partial charge on any atom is 0.245 e. The lowest BCUT2D eigenvalue weighted by atomic mass is 10.1. The van der Waals surface area contributed by atoms with Crippen molar-refractivity contribution in [1.82, 2.24) is 0 Å². The summed E-state index contributed by atoms with van der Waals surface area (Å²) in [6, 6.07) is 12.3. The number of nitrogens with one attached hydrogen (secondary N) is 1. The molecule has 0 saturated carbocycles. The molecule has 2 aromatic rings. The normalized spacial score (nSPS) is 11.1. The fourth-order valence-electron chi connectivity index (χ4n) is 2.44. The van der Waals surface area contributed by atoms with E-state index in [1.807, 2.05) is 26.8 Å². The van der Waals surface area contributed by atoms with E-state index >= 15 is 0 Å². The second-order valence-electron chi connectivity index (χ2n) is 6.05. The first-order valence-electron chi connectivity index (χ1n) is 8.28. The van der Waals surface area contributed by atoms with E-state index in [2.05, 4.69) is 5.32 Å². The Kier molecular flexibility index (Phi) is 6.26. The largest absolute Gasteiger partial charge is 0.494 e. The first-order valence-corrected chi connectivity index (χ1v) is 10.1. The number of rotatable bonds is 7. The van der Waals surface area contributed by atoms with Gasteiger partial charge in [-0.1, -0.05) is 12.1 Å². The highest BCUT2D eigenvalue weighted by Crippen LogP contribution is 2.22. The second-order valence-corrected chi connectivity index (χ2v) is 7.95. The van der Waals surface area contributed by atoms with Crippen molar-refractivity contribution in [3.63, 3.8) is 0 Å². The van der Waals surface area contributed by atoms with Gasteiger partial charge in [0.2, 0.25) is 15.9 Å². The summed E-state index contributed by atoms with van der Waals surface area (Å²) in [5.41, 5.74) is 3.03. The van der Waals surface area contributed by atoms with Crippen molar-refractivity contribution in [3.8, 4) is 5.75 Å². The molecule has 0 spiro atoms. The van der Waals surface area contributed by atoms with Gasteiger partial charge < -0.3 is 10.1 Å². The van der Waals surface area contributed by atoms with E-state index < -0.39 is 15.9 Å². The van der Waals surface area contributed by atoms with Crippen molar-refractivity contribution < 1.29 is 17.9 Å². The fraction of sp³-hybridized carbons (Fsp3) is 0.316. The molecule has 0 unspecified atom stereocenters. The van der Waals surface area contributed by atoms with Gasteiger partial charge in [0.15, 0.2) is 0 Å². The molecular formula is C19H24N2O4S. The van der Waals surface area contributed by atoms with Crippen molar-refractivity contribution in [2.75, 3.05) is 29.0 Å². The van der Waals surface area contributed by atoms with Gasteiger partial charge >= 0.3 is 0 Å². The zero-order chi connectivity index (χ0) is 19.3. The number of ether oxygens (including phenoxy) is 1. The molecule has 0 radical (unpaired) electrons. The van der Waals surface area contributed by atoms with Crippen molar-refractivity contribution in [2.24, 2.45) is 0 Å². The summed E-state index contributed by atoms with van der Waals surface area (Å²) < 4.78 is 30.9. The minimum absolute atomic E-state index is 0.305. The molecule has 0 bridgehead atoms. The van der Waals surface area contributed by atoms with Gasteiger partial charge in [-0.05, 0) is 56.2 Å². The monoisotopic (exact) mass is 376 g/mol. The number of carbonyl (C=O) groups excluding carboxylic acids is 1. The molecule has 0 aliphatic carbocycles. The Balaban J connectivity index is 2.19. The third-order valence-corrected chi connectivity index (χ3v) is 5.04. The van der Waals surface area contributed by atoms with E-state index in [0.29, 0.717) is 23.7 Å². The van der Waals surface area contributed by atoms with E-state index in [4.69, 9.17) is 4.74 Å². The van der Waals surface area contributed by atoms with Crippen LogP contribution in [0.5, 0.6) is 5.75 Å². The number of nitrogens with zero attached hydrogens (tertiary/aromatic N) is 1. The van der Waals surface area contributed by atoms with Crippen LogP contribution in [0.4, 0.5) is 11.4 Å². The van der Waals surface area contributed by atoms with Gasteiger partial charge in [0.25, 0.3) is 0 Å². The van der Waals surface area contributed by atoms with Crippen molar-refractivity contribution >= 4 is 27.3 Å². The lowest BCUT2D eigenvalue weighted by Crippen LogP contribution is -2.37. The van der Waals surface area contributed by atoms with Crippen LogP contribution in [0.2, 0.25) is 0 Å². The lowest BCUT2D eigenvalue weighted by Gasteiger charge is -2.22. The van der Waals surface area contributed by atoms with Crippen molar-refractivity contribution in [3.05, 3.63) is 53.6 Å². The van der Waals surface area contributed by atoms with Crippen LogP contribution in [-0.2, 0) is 14.8 Å². The topological polar surface area (TPSA) is 75.7 Å². The van der Waals surface area contributed by atoms with Gasteiger partial charge in [0.1, 0.15) is 12.3 Å². The number of benzene rings is 2. The molecule has 1 amide bonds. The standard InChI is InChI=1S/C19H24N2O4S/c1-5-25-18-8-6-7-16(12-18)20-19(22)13-21(26(4,23)24)17-10-9-14(2)15(3)11-17/h6-12H,5,13H2,1-4H3,(H,20,22). The van der Waals surface area contributed by atoms with Gasteiger partial charge in [-0.2, -0.15) is 0 Å². The van der Waals surface area contributed by atoms with Crippen LogP contribution in [0.15, 0.2) is 42.5 Å². The van der Waals surface area contributed by atoms with E-state index in [9.17, 15) is 13.2 Å². The van der Waals surface area contributed by atoms with Gasteiger partial charge in [-0.25, -0.2) is 8.42 Å². The van der Waals surface area contributed by atoms with Crippen LogP contribution in [0.25, 0.3) is 0 Å². The Labute approximate surface area is 154 Å². The number of carbonyl (C=O) groups is 1. The number of hydrogen-bond donors (Lipinski definition) is 1. The zero-order valence-corrected chi connectivity index (χ0v) is 16.3. The molecule has 2 aromatic carbocycles. The average Bonchev–Trinajstić information content (AvgIpc) is 2.55. The summed E-state index contributed by atoms with van der Waals surface area (Å²) in [5, 5.41) is 2.71. The van der Waals surface area contributed by atoms with Crippen molar-refractivity contribution in [1.29, 1.82) is 0 Å². The molecule has 0 aliphatic rings. The van der Waals surface area contributed by atoms with Gasteiger partial charge in [0.05, 0.1) is 18.6 Å². The van der Waals surface area contributed by atoms with Crippen LogP contribution >= 0.6 is 0 Å². The predicted octanol–water partition coefficient (Wildman–Crippen LogP) is 3.11. The highest BCUT2D eigenvalue weighted by molar-refractivity contribution is 7.92. The Morgan fingerprint density at radius 3 is 2.46 bits per heavy atom. The molecule has 6 nitrogen and oxygen atoms in total. The fourth-order valence-corrected chi connectivity index (χ4v) is 3.29. The van der Waals surface area contributed by atoms with Crippen LogP contribution in [0, 0.1) is 13.8 Å². The van der Waals surface area contributed by atoms with Crippen LogP contribution < -0.4 is 14.4 Å². The Morgan fingerprint density at radius 2 is 1.85 bits per heavy atom. The smallest absolute Gasteiger partial charge is 0.245 e. The highest BCUT2D eigenvalue weighted by atomic mass is 32.2. The molecule has 7 heteroatoms. The van der Waals surface area contributed by atoms with Crippen molar-refractivity contribution in [2.45, 2.75) is 20.8 Å². The summed E-state index contributed by atoms with van der Waals surface area (Å²) in [6.45, 7) is 5.94.